The van der Waals surface area contributed by atoms with Gasteiger partial charge in [0.1, 0.15) is 0 Å². The second kappa shape index (κ2) is 20.2. The number of hydrogen-bond acceptors (Lipinski definition) is 2. The molecule has 0 spiro atoms. The molecule has 1 fully saturated rings. The van der Waals surface area contributed by atoms with E-state index < -0.39 is 18.3 Å². The highest BCUT2D eigenvalue weighted by Crippen LogP contribution is 2.46. The van der Waals surface area contributed by atoms with Crippen molar-refractivity contribution in [1.82, 2.24) is 0 Å². The fourth-order valence-corrected chi connectivity index (χ4v) is 10.9. The van der Waals surface area contributed by atoms with Crippen LogP contribution in [0.15, 0.2) is 248 Å². The number of benzene rings is 12. The Kier molecular flexibility index (Phi) is 13.2. The van der Waals surface area contributed by atoms with Gasteiger partial charge >= 0.3 is 7.12 Å². The van der Waals surface area contributed by atoms with Crippen LogP contribution in [0.3, 0.4) is 0 Å². The van der Waals surface area contributed by atoms with Gasteiger partial charge in [0, 0.05) is 4.47 Å². The van der Waals surface area contributed by atoms with Gasteiger partial charge in [0.05, 0.1) is 11.2 Å². The first-order valence-electron chi connectivity index (χ1n) is 25.3. The number of halogens is 1. The van der Waals surface area contributed by atoms with E-state index >= 15 is 0 Å². The highest BCUT2D eigenvalue weighted by Gasteiger charge is 2.52. The predicted molar refractivity (Wildman–Crippen MR) is 324 cm³/mol. The van der Waals surface area contributed by atoms with Gasteiger partial charge in [0.25, 0.3) is 0 Å². The van der Waals surface area contributed by atoms with E-state index in [4.69, 9.17) is 9.31 Å². The SMILES string of the molecule is C=Cc1ccc(-c2c3ccccc3c(-c3cccc4ccccc34)c3ccccc23)cc1.C=Cc1ccc(Br)cc1.CC1(C)OB(c2c3ccccc3c(-c3cccc4ccccc34)c3ccccc23)OC1(C)C. The third-order valence-corrected chi connectivity index (χ3v) is 15.6. The molecule has 1 aliphatic heterocycles. The smallest absolute Gasteiger partial charge is 0.399 e. The van der Waals surface area contributed by atoms with Gasteiger partial charge in [-0.3, -0.25) is 0 Å². The molecule has 12 aromatic carbocycles. The molecule has 0 unspecified atom stereocenters. The first kappa shape index (κ1) is 48.4. The molecule has 12 aromatic rings. The predicted octanol–water partition coefficient (Wildman–Crippen LogP) is 19.3. The zero-order chi connectivity index (χ0) is 51.0. The number of hydrogen-bond donors (Lipinski definition) is 0. The van der Waals surface area contributed by atoms with Crippen LogP contribution in [-0.4, -0.2) is 18.3 Å². The first-order valence-corrected chi connectivity index (χ1v) is 26.1. The van der Waals surface area contributed by atoms with E-state index in [0.717, 1.165) is 21.1 Å². The Hall–Kier alpha value is -7.86. The van der Waals surface area contributed by atoms with Crippen molar-refractivity contribution < 1.29 is 9.31 Å². The van der Waals surface area contributed by atoms with E-state index in [1.807, 2.05) is 36.4 Å². The summed E-state index contributed by atoms with van der Waals surface area (Å²) >= 11 is 3.34. The van der Waals surface area contributed by atoms with Gasteiger partial charge in [0.15, 0.2) is 0 Å². The lowest BCUT2D eigenvalue weighted by molar-refractivity contribution is 0.00578. The van der Waals surface area contributed by atoms with Gasteiger partial charge in [-0.1, -0.05) is 260 Å². The zero-order valence-corrected chi connectivity index (χ0v) is 43.9. The van der Waals surface area contributed by atoms with Crippen molar-refractivity contribution in [2.24, 2.45) is 0 Å². The maximum Gasteiger partial charge on any atom is 0.496 e. The Morgan fingerprint density at radius 2 is 0.662 bits per heavy atom. The second-order valence-corrected chi connectivity index (χ2v) is 20.9. The van der Waals surface area contributed by atoms with E-state index in [1.54, 1.807) is 0 Å². The lowest BCUT2D eigenvalue weighted by atomic mass is 9.71. The van der Waals surface area contributed by atoms with E-state index in [2.05, 4.69) is 263 Å². The Morgan fingerprint density at radius 3 is 1.05 bits per heavy atom. The average molecular weight is 1020 g/mol. The molecule has 1 saturated heterocycles. The maximum atomic E-state index is 6.56. The molecular formula is C70H56BBrO2. The van der Waals surface area contributed by atoms with E-state index in [1.165, 1.54) is 98.0 Å². The van der Waals surface area contributed by atoms with Crippen LogP contribution in [0.5, 0.6) is 0 Å². The third kappa shape index (κ3) is 8.94. The summed E-state index contributed by atoms with van der Waals surface area (Å²) in [6.07, 6.45) is 3.72. The first-order chi connectivity index (χ1) is 36.0. The van der Waals surface area contributed by atoms with Crippen LogP contribution in [0.4, 0.5) is 0 Å². The lowest BCUT2D eigenvalue weighted by Crippen LogP contribution is -2.41. The number of rotatable bonds is 6. The van der Waals surface area contributed by atoms with Gasteiger partial charge in [-0.25, -0.2) is 0 Å². The van der Waals surface area contributed by atoms with Crippen molar-refractivity contribution in [2.75, 3.05) is 0 Å². The van der Waals surface area contributed by atoms with Crippen molar-refractivity contribution in [3.63, 3.8) is 0 Å². The third-order valence-electron chi connectivity index (χ3n) is 15.1. The summed E-state index contributed by atoms with van der Waals surface area (Å²) in [7, 11) is -0.425. The van der Waals surface area contributed by atoms with Crippen LogP contribution in [0.2, 0.25) is 0 Å². The van der Waals surface area contributed by atoms with E-state index in [9.17, 15) is 0 Å². The highest BCUT2D eigenvalue weighted by atomic mass is 79.9. The molecule has 0 bridgehead atoms. The Bertz CT molecular complexity index is 3940. The molecule has 1 heterocycles. The Labute approximate surface area is 443 Å². The van der Waals surface area contributed by atoms with Gasteiger partial charge in [0.2, 0.25) is 0 Å². The van der Waals surface area contributed by atoms with Gasteiger partial charge in [-0.05, 0) is 154 Å². The molecule has 358 valence electrons. The fraction of sp³-hybridized carbons (Fsp3) is 0.0857. The molecule has 0 N–H and O–H groups in total. The minimum Gasteiger partial charge on any atom is -0.399 e. The molecule has 0 aromatic heterocycles. The van der Waals surface area contributed by atoms with E-state index in [-0.39, 0.29) is 0 Å². The molecular weight excluding hydrogens is 963 g/mol. The highest BCUT2D eigenvalue weighted by molar-refractivity contribution is 9.10. The molecule has 0 radical (unpaired) electrons. The molecule has 0 aliphatic carbocycles. The fourth-order valence-electron chi connectivity index (χ4n) is 10.7. The van der Waals surface area contributed by atoms with Crippen molar-refractivity contribution >= 4 is 105 Å². The van der Waals surface area contributed by atoms with Crippen molar-refractivity contribution in [2.45, 2.75) is 38.9 Å². The molecule has 0 atom stereocenters. The Balaban J connectivity index is 0.000000136. The van der Waals surface area contributed by atoms with Crippen LogP contribution in [0, 0.1) is 0 Å². The van der Waals surface area contributed by atoms with Crippen LogP contribution in [0.1, 0.15) is 38.8 Å². The summed E-state index contributed by atoms with van der Waals surface area (Å²) < 4.78 is 14.2. The molecule has 13 rings (SSSR count). The summed E-state index contributed by atoms with van der Waals surface area (Å²) in [6.45, 7) is 16.0. The second-order valence-electron chi connectivity index (χ2n) is 19.9. The van der Waals surface area contributed by atoms with Crippen LogP contribution >= 0.6 is 15.9 Å². The van der Waals surface area contributed by atoms with Gasteiger partial charge in [-0.2, -0.15) is 0 Å². The lowest BCUT2D eigenvalue weighted by Gasteiger charge is -2.32. The number of fused-ring (bicyclic) bond motifs is 6. The zero-order valence-electron chi connectivity index (χ0n) is 42.3. The molecule has 0 saturated carbocycles. The largest absolute Gasteiger partial charge is 0.496 e. The summed E-state index contributed by atoms with van der Waals surface area (Å²) in [5.74, 6) is 0. The summed E-state index contributed by atoms with van der Waals surface area (Å²) in [5, 5.41) is 15.0. The molecule has 74 heavy (non-hydrogen) atoms. The minimum atomic E-state index is -0.425. The standard InChI is InChI=1S/C32H22.C30H27BO2.C8H7Br/c1-2-22-18-20-24(21-19-22)31-27-13-5-7-15-29(27)32(30-16-8-6-14-28(30)31)26-17-9-11-23-10-3-4-12-25(23)26;1-29(2)30(3,4)33-31(32-29)28-25-17-9-7-15-23(25)27(24-16-8-10-18-26(24)28)22-19-11-13-20-12-5-6-14-21(20)22;1-2-7-3-5-8(9)6-4-7/h2-21H,1H2;5-19H,1-4H3;2-6H,1H2. The van der Waals surface area contributed by atoms with Crippen LogP contribution < -0.4 is 5.46 Å². The van der Waals surface area contributed by atoms with Crippen LogP contribution in [0.25, 0.3) is 110 Å². The quantitative estimate of drug-likeness (QED) is 0.122. The van der Waals surface area contributed by atoms with Gasteiger partial charge in [-0.15, -0.1) is 0 Å². The monoisotopic (exact) mass is 1020 g/mol. The summed E-state index contributed by atoms with van der Waals surface area (Å²) in [6, 6.07) is 82.2. The normalized spacial score (nSPS) is 13.7. The van der Waals surface area contributed by atoms with Crippen LogP contribution in [-0.2, 0) is 9.31 Å². The summed E-state index contributed by atoms with van der Waals surface area (Å²) in [5.41, 5.74) is 10.2. The molecule has 2 nitrogen and oxygen atoms in total. The van der Waals surface area contributed by atoms with Gasteiger partial charge < -0.3 is 9.31 Å². The average Bonchev–Trinajstić information content (AvgIpc) is 3.66. The molecule has 0 amide bonds. The summed E-state index contributed by atoms with van der Waals surface area (Å²) in [4.78, 5) is 0. The topological polar surface area (TPSA) is 18.5 Å². The van der Waals surface area contributed by atoms with Crippen molar-refractivity contribution in [3.8, 4) is 33.4 Å². The molecule has 4 heteroatoms. The maximum absolute atomic E-state index is 6.56. The molecule has 1 aliphatic rings. The Morgan fingerprint density at radius 1 is 0.351 bits per heavy atom. The minimum absolute atomic E-state index is 0.395. The van der Waals surface area contributed by atoms with Crippen molar-refractivity contribution in [1.29, 1.82) is 0 Å². The van der Waals surface area contributed by atoms with Crippen molar-refractivity contribution in [3.05, 3.63) is 259 Å². The van der Waals surface area contributed by atoms with E-state index in [0.29, 0.717) is 0 Å².